The van der Waals surface area contributed by atoms with Gasteiger partial charge in [-0.1, -0.05) is 52.9 Å². The molecule has 0 aliphatic heterocycles. The second kappa shape index (κ2) is 6.47. The minimum absolute atomic E-state index is 0.0391. The van der Waals surface area contributed by atoms with E-state index in [1.165, 1.54) is 10.3 Å². The first-order chi connectivity index (χ1) is 13.2. The highest BCUT2D eigenvalue weighted by molar-refractivity contribution is 7.99. The molecule has 0 spiro atoms. The van der Waals surface area contributed by atoms with Gasteiger partial charge in [-0.3, -0.25) is 4.40 Å². The molecule has 0 radical (unpaired) electrons. The number of aromatic nitrogens is 5. The molecule has 0 aliphatic carbocycles. The lowest BCUT2D eigenvalue weighted by Crippen LogP contribution is -1.92. The molecule has 2 aromatic carbocycles. The SMILES string of the molecule is Cc1ccc(-c2nnc(C(C)Sc3nnc4sc5ccccc5n34)o2)cc1. The van der Waals surface area contributed by atoms with E-state index in [9.17, 15) is 0 Å². The molecule has 6 nitrogen and oxygen atoms in total. The lowest BCUT2D eigenvalue weighted by atomic mass is 10.1. The quantitative estimate of drug-likeness (QED) is 0.393. The van der Waals surface area contributed by atoms with Gasteiger partial charge in [0.05, 0.1) is 15.5 Å². The van der Waals surface area contributed by atoms with E-state index >= 15 is 0 Å². The second-order valence-electron chi connectivity index (χ2n) is 6.24. The Morgan fingerprint density at radius 2 is 1.81 bits per heavy atom. The molecule has 5 aromatic rings. The number of hydrogen-bond acceptors (Lipinski definition) is 7. The van der Waals surface area contributed by atoms with Gasteiger partial charge in [-0.2, -0.15) is 0 Å². The summed E-state index contributed by atoms with van der Waals surface area (Å²) in [6.07, 6.45) is 0. The number of fused-ring (bicyclic) bond motifs is 3. The Labute approximate surface area is 163 Å². The fraction of sp³-hybridized carbons (Fsp3) is 0.158. The van der Waals surface area contributed by atoms with Crippen LogP contribution in [-0.4, -0.2) is 24.8 Å². The molecule has 27 heavy (non-hydrogen) atoms. The summed E-state index contributed by atoms with van der Waals surface area (Å²) in [7, 11) is 0. The molecule has 0 saturated heterocycles. The van der Waals surface area contributed by atoms with Crippen LogP contribution in [0.5, 0.6) is 0 Å². The fourth-order valence-corrected chi connectivity index (χ4v) is 4.77. The molecule has 0 aliphatic rings. The van der Waals surface area contributed by atoms with E-state index in [4.69, 9.17) is 4.42 Å². The molecule has 0 N–H and O–H groups in total. The number of hydrogen-bond donors (Lipinski definition) is 0. The van der Waals surface area contributed by atoms with Crippen LogP contribution in [0.25, 0.3) is 26.6 Å². The van der Waals surface area contributed by atoms with Gasteiger partial charge in [0.25, 0.3) is 0 Å². The van der Waals surface area contributed by atoms with E-state index in [2.05, 4.69) is 43.9 Å². The lowest BCUT2D eigenvalue weighted by molar-refractivity contribution is 0.509. The maximum absolute atomic E-state index is 5.90. The molecule has 0 bridgehead atoms. The molecule has 8 heteroatoms. The van der Waals surface area contributed by atoms with Crippen molar-refractivity contribution in [3.05, 3.63) is 60.0 Å². The van der Waals surface area contributed by atoms with Crippen LogP contribution < -0.4 is 0 Å². The van der Waals surface area contributed by atoms with Crippen LogP contribution in [0.3, 0.4) is 0 Å². The topological polar surface area (TPSA) is 69.1 Å². The summed E-state index contributed by atoms with van der Waals surface area (Å²) in [4.78, 5) is 0.886. The third kappa shape index (κ3) is 2.90. The Morgan fingerprint density at radius 1 is 1.00 bits per heavy atom. The summed E-state index contributed by atoms with van der Waals surface area (Å²) >= 11 is 3.20. The van der Waals surface area contributed by atoms with E-state index < -0.39 is 0 Å². The Balaban J connectivity index is 1.45. The maximum atomic E-state index is 5.90. The fourth-order valence-electron chi connectivity index (χ4n) is 2.85. The van der Waals surface area contributed by atoms with Crippen LogP contribution in [0.2, 0.25) is 0 Å². The predicted octanol–water partition coefficient (Wildman–Crippen LogP) is 5.16. The van der Waals surface area contributed by atoms with Crippen molar-refractivity contribution in [1.29, 1.82) is 0 Å². The van der Waals surface area contributed by atoms with Crippen molar-refractivity contribution in [3.63, 3.8) is 0 Å². The van der Waals surface area contributed by atoms with Gasteiger partial charge in [0, 0.05) is 5.56 Å². The van der Waals surface area contributed by atoms with Gasteiger partial charge in [0.1, 0.15) is 0 Å². The van der Waals surface area contributed by atoms with Crippen molar-refractivity contribution in [2.75, 3.05) is 0 Å². The second-order valence-corrected chi connectivity index (χ2v) is 8.56. The molecule has 0 amide bonds. The molecule has 134 valence electrons. The van der Waals surface area contributed by atoms with Crippen molar-refractivity contribution in [2.24, 2.45) is 0 Å². The first-order valence-corrected chi connectivity index (χ1v) is 10.2. The summed E-state index contributed by atoms with van der Waals surface area (Å²) in [5, 5.41) is 17.9. The van der Waals surface area contributed by atoms with Gasteiger partial charge in [-0.05, 0) is 38.1 Å². The number of thioether (sulfide) groups is 1. The number of rotatable bonds is 4. The Morgan fingerprint density at radius 3 is 2.67 bits per heavy atom. The van der Waals surface area contributed by atoms with E-state index in [1.807, 2.05) is 43.3 Å². The van der Waals surface area contributed by atoms with Gasteiger partial charge in [-0.15, -0.1) is 20.4 Å². The highest BCUT2D eigenvalue weighted by Crippen LogP contribution is 2.37. The molecule has 0 fully saturated rings. The van der Waals surface area contributed by atoms with Crippen LogP contribution in [0.15, 0.2) is 58.1 Å². The zero-order valence-electron chi connectivity index (χ0n) is 14.7. The summed E-state index contributed by atoms with van der Waals surface area (Å²) in [5.41, 5.74) is 3.23. The van der Waals surface area contributed by atoms with E-state index in [-0.39, 0.29) is 5.25 Å². The highest BCUT2D eigenvalue weighted by Gasteiger charge is 2.20. The van der Waals surface area contributed by atoms with Gasteiger partial charge < -0.3 is 4.42 Å². The first-order valence-electron chi connectivity index (χ1n) is 8.49. The van der Waals surface area contributed by atoms with Gasteiger partial charge in [0.2, 0.25) is 16.7 Å². The van der Waals surface area contributed by atoms with Gasteiger partial charge in [-0.25, -0.2) is 0 Å². The molecule has 5 rings (SSSR count). The third-order valence-corrected chi connectivity index (χ3v) is 6.32. The van der Waals surface area contributed by atoms with Crippen LogP contribution in [0.1, 0.15) is 23.6 Å². The number of benzene rings is 2. The normalized spacial score (nSPS) is 12.8. The zero-order valence-corrected chi connectivity index (χ0v) is 16.3. The van der Waals surface area contributed by atoms with Crippen molar-refractivity contribution in [2.45, 2.75) is 24.3 Å². The molecule has 3 heterocycles. The van der Waals surface area contributed by atoms with Gasteiger partial charge in [0.15, 0.2) is 5.16 Å². The molecule has 1 atom stereocenters. The molecule has 0 saturated carbocycles. The first kappa shape index (κ1) is 16.5. The molecule has 1 unspecified atom stereocenters. The summed E-state index contributed by atoms with van der Waals surface area (Å²) in [6, 6.07) is 16.3. The maximum Gasteiger partial charge on any atom is 0.247 e. The number of nitrogens with zero attached hydrogens (tertiary/aromatic N) is 5. The standard InChI is InChI=1S/C19H15N5OS2/c1-11-7-9-13(10-8-11)17-21-20-16(25-17)12(2)26-18-22-23-19-24(18)14-5-3-4-6-15(14)27-19/h3-10,12H,1-2H3. The summed E-state index contributed by atoms with van der Waals surface area (Å²) in [6.45, 7) is 4.09. The highest BCUT2D eigenvalue weighted by atomic mass is 32.2. The molecule has 3 aromatic heterocycles. The van der Waals surface area contributed by atoms with Crippen LogP contribution >= 0.6 is 23.1 Å². The average molecular weight is 393 g/mol. The lowest BCUT2D eigenvalue weighted by Gasteiger charge is -2.04. The van der Waals surface area contributed by atoms with Crippen LogP contribution in [0, 0.1) is 6.92 Å². The third-order valence-electron chi connectivity index (χ3n) is 4.28. The summed E-state index contributed by atoms with van der Waals surface area (Å²) < 4.78 is 9.18. The smallest absolute Gasteiger partial charge is 0.247 e. The number of para-hydroxylation sites is 1. The predicted molar refractivity (Wildman–Crippen MR) is 107 cm³/mol. The average Bonchev–Trinajstić information content (AvgIpc) is 3.38. The van der Waals surface area contributed by atoms with E-state index in [1.54, 1.807) is 23.1 Å². The molecular formula is C19H15N5OS2. The summed E-state index contributed by atoms with van der Waals surface area (Å²) in [5.74, 6) is 1.11. The largest absolute Gasteiger partial charge is 0.419 e. The molecular weight excluding hydrogens is 378 g/mol. The van der Waals surface area contributed by atoms with E-state index in [0.29, 0.717) is 11.8 Å². The van der Waals surface area contributed by atoms with Crippen LogP contribution in [0.4, 0.5) is 0 Å². The Hall–Kier alpha value is -2.71. The van der Waals surface area contributed by atoms with Gasteiger partial charge >= 0.3 is 0 Å². The zero-order chi connectivity index (χ0) is 18.4. The van der Waals surface area contributed by atoms with Crippen molar-refractivity contribution >= 4 is 38.3 Å². The number of aryl methyl sites for hydroxylation is 1. The van der Waals surface area contributed by atoms with Crippen molar-refractivity contribution in [1.82, 2.24) is 24.8 Å². The Bertz CT molecular complexity index is 1240. The number of thiazole rings is 1. The minimum atomic E-state index is -0.0391. The van der Waals surface area contributed by atoms with E-state index in [0.717, 1.165) is 21.2 Å². The van der Waals surface area contributed by atoms with Crippen LogP contribution in [-0.2, 0) is 0 Å². The minimum Gasteiger partial charge on any atom is -0.419 e. The Kier molecular flexibility index (Phi) is 3.95. The van der Waals surface area contributed by atoms with Crippen molar-refractivity contribution < 1.29 is 4.42 Å². The monoisotopic (exact) mass is 393 g/mol. The van der Waals surface area contributed by atoms with Crippen molar-refractivity contribution in [3.8, 4) is 11.5 Å².